The zero-order valence-electron chi connectivity index (χ0n) is 14.2. The number of likely N-dealkylation sites (tertiary alicyclic amines) is 1. The summed E-state index contributed by atoms with van der Waals surface area (Å²) in [5.74, 6) is 0.802. The van der Waals surface area contributed by atoms with Gasteiger partial charge in [0.1, 0.15) is 5.82 Å². The first-order valence-corrected chi connectivity index (χ1v) is 8.73. The predicted octanol–water partition coefficient (Wildman–Crippen LogP) is 2.86. The van der Waals surface area contributed by atoms with Crippen LogP contribution < -0.4 is 5.73 Å². The normalized spacial score (nSPS) is 17.2. The minimum Gasteiger partial charge on any atom is -0.334 e. The molecule has 2 aromatic rings. The summed E-state index contributed by atoms with van der Waals surface area (Å²) in [6, 6.07) is 7.47. The molecule has 1 aliphatic rings. The van der Waals surface area contributed by atoms with Crippen molar-refractivity contribution in [1.82, 2.24) is 19.7 Å². The molecule has 6 nitrogen and oxygen atoms in total. The van der Waals surface area contributed by atoms with Crippen LogP contribution in [0.1, 0.15) is 42.6 Å². The van der Waals surface area contributed by atoms with E-state index in [1.807, 2.05) is 18.2 Å². The van der Waals surface area contributed by atoms with Gasteiger partial charge in [0, 0.05) is 25.6 Å². The minimum atomic E-state index is -0.159. The molecule has 1 aromatic heterocycles. The van der Waals surface area contributed by atoms with Crippen LogP contribution in [0, 0.1) is 0 Å². The number of carbonyl (C=O) groups is 1. The average molecular weight is 384 g/mol. The third-order valence-corrected chi connectivity index (χ3v) is 4.48. The molecule has 2 heterocycles. The highest BCUT2D eigenvalue weighted by atomic mass is 35.5. The van der Waals surface area contributed by atoms with Crippen LogP contribution in [0.15, 0.2) is 24.3 Å². The largest absolute Gasteiger partial charge is 0.334 e. The molecule has 0 aliphatic carbocycles. The lowest BCUT2D eigenvalue weighted by Gasteiger charge is -2.29. The summed E-state index contributed by atoms with van der Waals surface area (Å²) in [6.45, 7) is 3.33. The first-order chi connectivity index (χ1) is 11.6. The molecule has 0 spiro atoms. The number of aryl methyl sites for hydroxylation is 1. The maximum atomic E-state index is 12.7. The number of hydrogen-bond acceptors (Lipinski definition) is 4. The molecule has 1 atom stereocenters. The highest BCUT2D eigenvalue weighted by Crippen LogP contribution is 2.21. The van der Waals surface area contributed by atoms with Gasteiger partial charge in [-0.25, -0.2) is 9.67 Å². The molecule has 1 aromatic carbocycles. The van der Waals surface area contributed by atoms with Gasteiger partial charge in [0.25, 0.3) is 5.91 Å². The first kappa shape index (κ1) is 19.7. The highest BCUT2D eigenvalue weighted by molar-refractivity contribution is 6.32. The molecule has 2 N–H and O–H groups in total. The SMILES string of the molecule is CCCc1nc(C(=O)N2CCCC(N)C2)nn1-c1ccccc1Cl.Cl. The Labute approximate surface area is 158 Å². The van der Waals surface area contributed by atoms with Gasteiger partial charge in [-0.2, -0.15) is 0 Å². The van der Waals surface area contributed by atoms with Gasteiger partial charge in [0.15, 0.2) is 0 Å². The fraction of sp³-hybridized carbons (Fsp3) is 0.471. The zero-order valence-corrected chi connectivity index (χ0v) is 15.8. The number of nitrogens with two attached hydrogens (primary N) is 1. The summed E-state index contributed by atoms with van der Waals surface area (Å²) in [4.78, 5) is 19.0. The number of hydrogen-bond donors (Lipinski definition) is 1. The summed E-state index contributed by atoms with van der Waals surface area (Å²) in [6.07, 6.45) is 3.50. The van der Waals surface area contributed by atoms with Gasteiger partial charge in [-0.05, 0) is 31.4 Å². The third-order valence-electron chi connectivity index (χ3n) is 4.16. The molecular formula is C17H23Cl2N5O. The molecule has 0 saturated carbocycles. The van der Waals surface area contributed by atoms with Gasteiger partial charge in [-0.3, -0.25) is 4.79 Å². The minimum absolute atomic E-state index is 0. The van der Waals surface area contributed by atoms with Crippen molar-refractivity contribution in [3.63, 3.8) is 0 Å². The molecule has 1 unspecified atom stereocenters. The molecule has 0 bridgehead atoms. The lowest BCUT2D eigenvalue weighted by molar-refractivity contribution is 0.0696. The fourth-order valence-corrected chi connectivity index (χ4v) is 3.19. The Kier molecular flexibility index (Phi) is 6.81. The van der Waals surface area contributed by atoms with Gasteiger partial charge in [-0.15, -0.1) is 17.5 Å². The molecule has 136 valence electrons. The number of amides is 1. The van der Waals surface area contributed by atoms with Crippen LogP contribution in [0.2, 0.25) is 5.02 Å². The number of piperidine rings is 1. The van der Waals surface area contributed by atoms with Crippen molar-refractivity contribution in [2.75, 3.05) is 13.1 Å². The third kappa shape index (κ3) is 4.32. The zero-order chi connectivity index (χ0) is 17.1. The van der Waals surface area contributed by atoms with E-state index in [-0.39, 0.29) is 30.2 Å². The Bertz CT molecular complexity index is 734. The summed E-state index contributed by atoms with van der Waals surface area (Å²) in [7, 11) is 0. The summed E-state index contributed by atoms with van der Waals surface area (Å²) in [5, 5.41) is 5.03. The maximum absolute atomic E-state index is 12.7. The Morgan fingerprint density at radius 1 is 1.40 bits per heavy atom. The van der Waals surface area contributed by atoms with Crippen molar-refractivity contribution in [1.29, 1.82) is 0 Å². The number of para-hydroxylation sites is 1. The second-order valence-electron chi connectivity index (χ2n) is 6.12. The average Bonchev–Trinajstić information content (AvgIpc) is 2.99. The van der Waals surface area contributed by atoms with Crippen LogP contribution in [-0.2, 0) is 6.42 Å². The Balaban J connectivity index is 0.00000225. The molecule has 1 saturated heterocycles. The van der Waals surface area contributed by atoms with Crippen molar-refractivity contribution in [2.45, 2.75) is 38.6 Å². The van der Waals surface area contributed by atoms with E-state index in [0.717, 1.165) is 37.2 Å². The van der Waals surface area contributed by atoms with Gasteiger partial charge < -0.3 is 10.6 Å². The van der Waals surface area contributed by atoms with Crippen molar-refractivity contribution >= 4 is 29.9 Å². The van der Waals surface area contributed by atoms with Crippen LogP contribution in [0.4, 0.5) is 0 Å². The van der Waals surface area contributed by atoms with E-state index in [2.05, 4.69) is 17.0 Å². The number of benzene rings is 1. The van der Waals surface area contributed by atoms with E-state index in [1.165, 1.54) is 0 Å². The maximum Gasteiger partial charge on any atom is 0.293 e. The number of aromatic nitrogens is 3. The van der Waals surface area contributed by atoms with Crippen LogP contribution >= 0.6 is 24.0 Å². The first-order valence-electron chi connectivity index (χ1n) is 8.36. The monoisotopic (exact) mass is 383 g/mol. The van der Waals surface area contributed by atoms with Crippen molar-refractivity contribution < 1.29 is 4.79 Å². The second-order valence-corrected chi connectivity index (χ2v) is 6.53. The second kappa shape index (κ2) is 8.65. The smallest absolute Gasteiger partial charge is 0.293 e. The van der Waals surface area contributed by atoms with E-state index < -0.39 is 0 Å². The molecule has 8 heteroatoms. The molecule has 1 aliphatic heterocycles. The van der Waals surface area contributed by atoms with Gasteiger partial charge in [0.2, 0.25) is 5.82 Å². The highest BCUT2D eigenvalue weighted by Gasteiger charge is 2.26. The summed E-state index contributed by atoms with van der Waals surface area (Å²) in [5.41, 5.74) is 6.72. The van der Waals surface area contributed by atoms with Crippen LogP contribution in [0.25, 0.3) is 5.69 Å². The summed E-state index contributed by atoms with van der Waals surface area (Å²) >= 11 is 6.29. The predicted molar refractivity (Wildman–Crippen MR) is 101 cm³/mol. The fourth-order valence-electron chi connectivity index (χ4n) is 2.97. The molecule has 0 radical (unpaired) electrons. The number of nitrogens with zero attached hydrogens (tertiary/aromatic N) is 4. The van der Waals surface area contributed by atoms with E-state index in [9.17, 15) is 4.79 Å². The molecule has 3 rings (SSSR count). The van der Waals surface area contributed by atoms with E-state index in [1.54, 1.807) is 15.6 Å². The summed E-state index contributed by atoms with van der Waals surface area (Å²) < 4.78 is 1.68. The Morgan fingerprint density at radius 2 is 2.16 bits per heavy atom. The molecule has 1 fully saturated rings. The molecule has 1 amide bonds. The van der Waals surface area contributed by atoms with Crippen LogP contribution in [0.3, 0.4) is 0 Å². The molecular weight excluding hydrogens is 361 g/mol. The number of halogens is 2. The lowest BCUT2D eigenvalue weighted by Crippen LogP contribution is -2.46. The Morgan fingerprint density at radius 3 is 2.84 bits per heavy atom. The van der Waals surface area contributed by atoms with E-state index in [4.69, 9.17) is 17.3 Å². The topological polar surface area (TPSA) is 77.0 Å². The van der Waals surface area contributed by atoms with Gasteiger partial charge >= 0.3 is 0 Å². The Hall–Kier alpha value is -1.63. The number of rotatable bonds is 4. The van der Waals surface area contributed by atoms with E-state index >= 15 is 0 Å². The van der Waals surface area contributed by atoms with Crippen molar-refractivity contribution in [3.8, 4) is 5.69 Å². The van der Waals surface area contributed by atoms with Crippen LogP contribution in [-0.4, -0.2) is 44.7 Å². The van der Waals surface area contributed by atoms with E-state index in [0.29, 0.717) is 18.1 Å². The standard InChI is InChI=1S/C17H22ClN5O.ClH/c1-2-6-15-20-16(17(24)22-10-5-7-12(19)11-22)21-23(15)14-9-4-3-8-13(14)18;/h3-4,8-9,12H,2,5-7,10-11,19H2,1H3;1H. The van der Waals surface area contributed by atoms with Gasteiger partial charge in [-0.1, -0.05) is 30.7 Å². The molecule has 25 heavy (non-hydrogen) atoms. The van der Waals surface area contributed by atoms with Crippen molar-refractivity contribution in [2.24, 2.45) is 5.73 Å². The van der Waals surface area contributed by atoms with Crippen LogP contribution in [0.5, 0.6) is 0 Å². The number of carbonyl (C=O) groups excluding carboxylic acids is 1. The van der Waals surface area contributed by atoms with Crippen molar-refractivity contribution in [3.05, 3.63) is 40.9 Å². The lowest BCUT2D eigenvalue weighted by atomic mass is 10.1. The quantitative estimate of drug-likeness (QED) is 0.880. The van der Waals surface area contributed by atoms with Gasteiger partial charge in [0.05, 0.1) is 10.7 Å².